The van der Waals surface area contributed by atoms with Gasteiger partial charge in [0.1, 0.15) is 0 Å². The molecular formula is C20H32N2O3S. The van der Waals surface area contributed by atoms with Crippen LogP contribution in [0.25, 0.3) is 0 Å². The average Bonchev–Trinajstić information content (AvgIpc) is 2.93. The van der Waals surface area contributed by atoms with E-state index in [9.17, 15) is 8.42 Å². The highest BCUT2D eigenvalue weighted by molar-refractivity contribution is 7.89. The molecule has 0 radical (unpaired) electrons. The third kappa shape index (κ3) is 3.98. The number of aryl methyl sites for hydroxylation is 3. The monoisotopic (exact) mass is 380 g/mol. The van der Waals surface area contributed by atoms with Crippen molar-refractivity contribution in [2.75, 3.05) is 26.2 Å². The van der Waals surface area contributed by atoms with Crippen molar-refractivity contribution in [1.29, 1.82) is 0 Å². The van der Waals surface area contributed by atoms with Crippen molar-refractivity contribution in [3.05, 3.63) is 28.8 Å². The quantitative estimate of drug-likeness (QED) is 0.806. The normalized spacial score (nSPS) is 28.6. The molecule has 0 spiro atoms. The summed E-state index contributed by atoms with van der Waals surface area (Å²) in [7, 11) is -3.47. The van der Waals surface area contributed by atoms with E-state index in [1.165, 1.54) is 0 Å². The minimum Gasteiger partial charge on any atom is -0.373 e. The molecule has 146 valence electrons. The molecule has 2 aliphatic heterocycles. The fourth-order valence-electron chi connectivity index (χ4n) is 4.73. The maximum Gasteiger partial charge on any atom is 0.243 e. The lowest BCUT2D eigenvalue weighted by atomic mass is 10.1. The largest absolute Gasteiger partial charge is 0.373 e. The van der Waals surface area contributed by atoms with Crippen molar-refractivity contribution < 1.29 is 13.2 Å². The summed E-state index contributed by atoms with van der Waals surface area (Å²) in [6.07, 6.45) is 2.27. The molecule has 0 aromatic heterocycles. The van der Waals surface area contributed by atoms with E-state index in [0.29, 0.717) is 11.4 Å². The molecule has 0 aliphatic carbocycles. The van der Waals surface area contributed by atoms with Gasteiger partial charge >= 0.3 is 0 Å². The smallest absolute Gasteiger partial charge is 0.243 e. The third-order valence-electron chi connectivity index (χ3n) is 5.46. The zero-order valence-corrected chi connectivity index (χ0v) is 17.5. The summed E-state index contributed by atoms with van der Waals surface area (Å²) in [6.45, 7) is 13.2. The Morgan fingerprint density at radius 3 is 2.23 bits per heavy atom. The van der Waals surface area contributed by atoms with E-state index in [4.69, 9.17) is 4.74 Å². The van der Waals surface area contributed by atoms with Crippen LogP contribution in [0.5, 0.6) is 0 Å². The van der Waals surface area contributed by atoms with Gasteiger partial charge in [0, 0.05) is 32.2 Å². The van der Waals surface area contributed by atoms with Gasteiger partial charge in [0.15, 0.2) is 0 Å². The Labute approximate surface area is 158 Å². The number of morpholine rings is 1. The molecule has 3 rings (SSSR count). The summed E-state index contributed by atoms with van der Waals surface area (Å²) in [4.78, 5) is 2.87. The second-order valence-electron chi connectivity index (χ2n) is 8.12. The Bertz CT molecular complexity index is 729. The van der Waals surface area contributed by atoms with E-state index in [1.54, 1.807) is 4.31 Å². The van der Waals surface area contributed by atoms with Crippen molar-refractivity contribution in [3.63, 3.8) is 0 Å². The first-order valence-corrected chi connectivity index (χ1v) is 11.1. The summed E-state index contributed by atoms with van der Waals surface area (Å²) < 4.78 is 34.5. The van der Waals surface area contributed by atoms with Crippen LogP contribution >= 0.6 is 0 Å². The van der Waals surface area contributed by atoms with Crippen molar-refractivity contribution in [3.8, 4) is 0 Å². The van der Waals surface area contributed by atoms with Crippen LogP contribution in [0, 0.1) is 20.8 Å². The first-order chi connectivity index (χ1) is 12.2. The van der Waals surface area contributed by atoms with Gasteiger partial charge in [-0.1, -0.05) is 17.7 Å². The highest BCUT2D eigenvalue weighted by atomic mass is 32.2. The maximum absolute atomic E-state index is 13.5. The van der Waals surface area contributed by atoms with Crippen LogP contribution in [0.4, 0.5) is 0 Å². The molecule has 1 aromatic rings. The predicted molar refractivity (Wildman–Crippen MR) is 104 cm³/mol. The van der Waals surface area contributed by atoms with Crippen LogP contribution in [0.3, 0.4) is 0 Å². The van der Waals surface area contributed by atoms with Gasteiger partial charge in [-0.25, -0.2) is 8.42 Å². The van der Waals surface area contributed by atoms with Crippen molar-refractivity contribution in [2.24, 2.45) is 0 Å². The second-order valence-corrected chi connectivity index (χ2v) is 9.94. The molecule has 26 heavy (non-hydrogen) atoms. The van der Waals surface area contributed by atoms with Gasteiger partial charge in [0.2, 0.25) is 10.0 Å². The number of hydrogen-bond acceptors (Lipinski definition) is 4. The van der Waals surface area contributed by atoms with Gasteiger partial charge in [-0.3, -0.25) is 4.90 Å². The molecule has 2 heterocycles. The lowest BCUT2D eigenvalue weighted by Crippen LogP contribution is -2.50. The summed E-state index contributed by atoms with van der Waals surface area (Å²) in [5, 5.41) is 0. The van der Waals surface area contributed by atoms with E-state index in [0.717, 1.165) is 49.2 Å². The van der Waals surface area contributed by atoms with Crippen molar-refractivity contribution >= 4 is 10.0 Å². The van der Waals surface area contributed by atoms with Crippen LogP contribution in [0.2, 0.25) is 0 Å². The van der Waals surface area contributed by atoms with Gasteiger partial charge in [-0.15, -0.1) is 0 Å². The van der Waals surface area contributed by atoms with Crippen LogP contribution in [0.15, 0.2) is 17.0 Å². The molecule has 0 bridgehead atoms. The molecule has 2 fully saturated rings. The predicted octanol–water partition coefficient (Wildman–Crippen LogP) is 2.87. The molecule has 3 unspecified atom stereocenters. The van der Waals surface area contributed by atoms with Crippen LogP contribution < -0.4 is 0 Å². The Balaban J connectivity index is 1.83. The zero-order chi connectivity index (χ0) is 19.1. The topological polar surface area (TPSA) is 49.9 Å². The van der Waals surface area contributed by atoms with Gasteiger partial charge in [-0.2, -0.15) is 4.31 Å². The number of rotatable bonds is 4. The number of benzene rings is 1. The fourth-order valence-corrected chi connectivity index (χ4v) is 6.83. The van der Waals surface area contributed by atoms with E-state index in [2.05, 4.69) is 18.7 Å². The molecule has 0 N–H and O–H groups in total. The number of hydrogen-bond donors (Lipinski definition) is 0. The van der Waals surface area contributed by atoms with Gasteiger partial charge in [0.05, 0.1) is 17.1 Å². The van der Waals surface area contributed by atoms with Crippen molar-refractivity contribution in [2.45, 2.75) is 70.6 Å². The molecular weight excluding hydrogens is 348 g/mol. The maximum atomic E-state index is 13.5. The first-order valence-electron chi connectivity index (χ1n) is 9.66. The van der Waals surface area contributed by atoms with E-state index >= 15 is 0 Å². The fraction of sp³-hybridized carbons (Fsp3) is 0.700. The van der Waals surface area contributed by atoms with E-state index in [1.807, 2.05) is 32.9 Å². The average molecular weight is 381 g/mol. The Morgan fingerprint density at radius 1 is 1.08 bits per heavy atom. The highest BCUT2D eigenvalue weighted by Crippen LogP contribution is 2.31. The zero-order valence-electron chi connectivity index (χ0n) is 16.7. The minimum atomic E-state index is -3.47. The standard InChI is InChI=1S/C20H32N2O3S/c1-14-9-15(2)20(16(3)10-14)26(23,24)22-8-6-7-19(22)13-21-11-17(4)25-18(5)12-21/h9-10,17-19H,6-8,11-13H2,1-5H3. The Kier molecular flexibility index (Phi) is 5.78. The van der Waals surface area contributed by atoms with Crippen LogP contribution in [-0.2, 0) is 14.8 Å². The molecule has 5 nitrogen and oxygen atoms in total. The van der Waals surface area contributed by atoms with Gasteiger partial charge in [0.25, 0.3) is 0 Å². The number of ether oxygens (including phenoxy) is 1. The van der Waals surface area contributed by atoms with Crippen LogP contribution in [-0.4, -0.2) is 62.1 Å². The molecule has 3 atom stereocenters. The SMILES string of the molecule is Cc1cc(C)c(S(=O)(=O)N2CCCC2CN2CC(C)OC(C)C2)c(C)c1. The molecule has 1 aromatic carbocycles. The summed E-state index contributed by atoms with van der Waals surface area (Å²) in [5.74, 6) is 0. The van der Waals surface area contributed by atoms with Gasteiger partial charge in [-0.05, 0) is 58.6 Å². The third-order valence-corrected chi connectivity index (χ3v) is 7.72. The van der Waals surface area contributed by atoms with Crippen molar-refractivity contribution in [1.82, 2.24) is 9.21 Å². The number of sulfonamides is 1. The molecule has 0 saturated carbocycles. The molecule has 2 aliphatic rings. The van der Waals surface area contributed by atoms with Crippen LogP contribution in [0.1, 0.15) is 43.4 Å². The summed E-state index contributed by atoms with van der Waals surface area (Å²) >= 11 is 0. The molecule has 2 saturated heterocycles. The van der Waals surface area contributed by atoms with Gasteiger partial charge < -0.3 is 4.74 Å². The first kappa shape index (κ1) is 19.8. The number of nitrogens with zero attached hydrogens (tertiary/aromatic N) is 2. The molecule has 6 heteroatoms. The Hall–Kier alpha value is -0.950. The second kappa shape index (κ2) is 7.58. The lowest BCUT2D eigenvalue weighted by molar-refractivity contribution is -0.0707. The molecule has 0 amide bonds. The van der Waals surface area contributed by atoms with E-state index in [-0.39, 0.29) is 18.2 Å². The highest BCUT2D eigenvalue weighted by Gasteiger charge is 2.38. The lowest BCUT2D eigenvalue weighted by Gasteiger charge is -2.38. The Morgan fingerprint density at radius 2 is 1.65 bits per heavy atom. The van der Waals surface area contributed by atoms with E-state index < -0.39 is 10.0 Å². The summed E-state index contributed by atoms with van der Waals surface area (Å²) in [5.41, 5.74) is 2.80. The summed E-state index contributed by atoms with van der Waals surface area (Å²) in [6, 6.07) is 3.99. The minimum absolute atomic E-state index is 0.0533.